The Kier molecular flexibility index (Phi) is 4.51. The van der Waals surface area contributed by atoms with Gasteiger partial charge in [-0.2, -0.15) is 0 Å². The first-order chi connectivity index (χ1) is 16.9. The summed E-state index contributed by atoms with van der Waals surface area (Å²) in [7, 11) is 3.21. The van der Waals surface area contributed by atoms with Crippen LogP contribution in [0.1, 0.15) is 22.9 Å². The Morgan fingerprint density at radius 2 is 1.66 bits per heavy atom. The molecule has 1 atom stereocenters. The number of benzene rings is 3. The number of phenolic OH excluding ortho intramolecular Hbond substituents is 1. The summed E-state index contributed by atoms with van der Waals surface area (Å²) in [5.74, 6) is 0.147. The molecule has 0 amide bonds. The first kappa shape index (κ1) is 21.0. The number of fused-ring (bicyclic) bond motifs is 5. The zero-order valence-electron chi connectivity index (χ0n) is 19.6. The summed E-state index contributed by atoms with van der Waals surface area (Å²) in [6.45, 7) is 2.02. The van der Waals surface area contributed by atoms with Crippen molar-refractivity contribution < 1.29 is 5.11 Å². The third-order valence-corrected chi connectivity index (χ3v) is 6.82. The van der Waals surface area contributed by atoms with E-state index in [4.69, 9.17) is 0 Å². The van der Waals surface area contributed by atoms with Crippen LogP contribution in [-0.4, -0.2) is 18.8 Å². The topological polar surface area (TPSA) is 81.2 Å². The maximum atomic E-state index is 13.7. The molecule has 0 saturated carbocycles. The van der Waals surface area contributed by atoms with Gasteiger partial charge in [-0.05, 0) is 48.4 Å². The largest absolute Gasteiger partial charge is 0.508 e. The number of hydrogen-bond acceptors (Lipinski definition) is 4. The van der Waals surface area contributed by atoms with Crippen LogP contribution < -0.4 is 16.6 Å². The molecule has 7 nitrogen and oxygen atoms in total. The van der Waals surface area contributed by atoms with E-state index in [1.54, 1.807) is 29.8 Å². The first-order valence-electron chi connectivity index (χ1n) is 11.4. The van der Waals surface area contributed by atoms with E-state index >= 15 is 0 Å². The number of hydrogen-bond donors (Lipinski definition) is 2. The summed E-state index contributed by atoms with van der Waals surface area (Å²) < 4.78 is 4.81. The summed E-state index contributed by atoms with van der Waals surface area (Å²) in [4.78, 5) is 26.8. The Labute approximate surface area is 201 Å². The monoisotopic (exact) mass is 464 g/mol. The first-order valence-corrected chi connectivity index (χ1v) is 11.4. The third-order valence-electron chi connectivity index (χ3n) is 6.82. The molecule has 0 unspecified atom stereocenters. The Morgan fingerprint density at radius 1 is 0.886 bits per heavy atom. The predicted molar refractivity (Wildman–Crippen MR) is 138 cm³/mol. The second-order valence-corrected chi connectivity index (χ2v) is 9.06. The summed E-state index contributed by atoms with van der Waals surface area (Å²) >= 11 is 0. The third kappa shape index (κ3) is 2.98. The number of anilines is 1. The number of nitrogens with one attached hydrogen (secondary N) is 1. The van der Waals surface area contributed by atoms with E-state index in [1.807, 2.05) is 55.5 Å². The molecule has 35 heavy (non-hydrogen) atoms. The molecule has 0 saturated heterocycles. The van der Waals surface area contributed by atoms with Crippen molar-refractivity contribution in [1.82, 2.24) is 13.7 Å². The molecule has 1 aliphatic rings. The minimum atomic E-state index is -0.407. The van der Waals surface area contributed by atoms with Gasteiger partial charge in [0.1, 0.15) is 5.75 Å². The van der Waals surface area contributed by atoms with Crippen molar-refractivity contribution >= 4 is 16.6 Å². The molecule has 0 radical (unpaired) electrons. The molecule has 2 N–H and O–H groups in total. The van der Waals surface area contributed by atoms with Crippen molar-refractivity contribution in [3.63, 3.8) is 0 Å². The number of aromatic hydroxyl groups is 1. The van der Waals surface area contributed by atoms with E-state index in [0.29, 0.717) is 10.9 Å². The molecule has 3 aromatic carbocycles. The van der Waals surface area contributed by atoms with Gasteiger partial charge in [0.25, 0.3) is 5.56 Å². The van der Waals surface area contributed by atoms with E-state index in [9.17, 15) is 14.7 Å². The maximum absolute atomic E-state index is 13.7. The average molecular weight is 465 g/mol. The maximum Gasteiger partial charge on any atom is 0.331 e. The molecular formula is C28H24N4O3. The molecular weight excluding hydrogens is 440 g/mol. The molecule has 0 fully saturated rings. The highest BCUT2D eigenvalue weighted by molar-refractivity contribution is 5.99. The smallest absolute Gasteiger partial charge is 0.331 e. The van der Waals surface area contributed by atoms with Gasteiger partial charge in [-0.25, -0.2) is 4.79 Å². The molecule has 2 aromatic heterocycles. The van der Waals surface area contributed by atoms with Crippen molar-refractivity contribution in [2.45, 2.75) is 13.0 Å². The summed E-state index contributed by atoms with van der Waals surface area (Å²) in [6, 6.07) is 22.6. The molecule has 6 rings (SSSR count). The molecule has 3 heterocycles. The van der Waals surface area contributed by atoms with E-state index < -0.39 is 6.04 Å². The van der Waals surface area contributed by atoms with Crippen LogP contribution in [0, 0.1) is 6.92 Å². The van der Waals surface area contributed by atoms with Crippen LogP contribution in [0.15, 0.2) is 82.4 Å². The second-order valence-electron chi connectivity index (χ2n) is 9.06. The Balaban J connectivity index is 1.88. The van der Waals surface area contributed by atoms with Gasteiger partial charge < -0.3 is 15.0 Å². The van der Waals surface area contributed by atoms with Gasteiger partial charge in [-0.15, -0.1) is 0 Å². The minimum absolute atomic E-state index is 0.147. The number of nitrogens with zero attached hydrogens (tertiary/aromatic N) is 3. The van der Waals surface area contributed by atoms with Crippen molar-refractivity contribution in [2.75, 3.05) is 5.32 Å². The summed E-state index contributed by atoms with van der Waals surface area (Å²) in [5.41, 5.74) is 5.93. The molecule has 174 valence electrons. The van der Waals surface area contributed by atoms with Crippen LogP contribution in [0.25, 0.3) is 27.8 Å². The highest BCUT2D eigenvalue weighted by Gasteiger charge is 2.34. The Bertz CT molecular complexity index is 1770. The zero-order valence-corrected chi connectivity index (χ0v) is 19.6. The van der Waals surface area contributed by atoms with Gasteiger partial charge in [0.2, 0.25) is 0 Å². The van der Waals surface area contributed by atoms with E-state index in [2.05, 4.69) is 16.0 Å². The fraction of sp³-hybridized carbons (Fsp3) is 0.143. The van der Waals surface area contributed by atoms with Gasteiger partial charge in [0.05, 0.1) is 39.7 Å². The Hall–Kier alpha value is -4.52. The van der Waals surface area contributed by atoms with Gasteiger partial charge in [-0.3, -0.25) is 13.9 Å². The molecule has 7 heteroatoms. The van der Waals surface area contributed by atoms with E-state index in [-0.39, 0.29) is 17.0 Å². The summed E-state index contributed by atoms with van der Waals surface area (Å²) in [6.07, 6.45) is 0. The van der Waals surface area contributed by atoms with Crippen molar-refractivity contribution in [3.8, 4) is 22.7 Å². The highest BCUT2D eigenvalue weighted by atomic mass is 16.3. The SMILES string of the molecule is Cc1cccc(-c2c3c(=O)n(C)c(=O)n(C)c3c3n2-c2ccccc2N[C@H]3c2cccc(O)c2)c1. The Morgan fingerprint density at radius 3 is 2.43 bits per heavy atom. The van der Waals surface area contributed by atoms with Crippen LogP contribution in [0.4, 0.5) is 5.69 Å². The quantitative estimate of drug-likeness (QED) is 0.410. The van der Waals surface area contributed by atoms with Crippen molar-refractivity contribution in [2.24, 2.45) is 14.1 Å². The van der Waals surface area contributed by atoms with E-state index in [0.717, 1.165) is 44.0 Å². The second kappa shape index (κ2) is 7.50. The number of aromatic nitrogens is 3. The van der Waals surface area contributed by atoms with Gasteiger partial charge in [0.15, 0.2) is 0 Å². The molecule has 0 spiro atoms. The van der Waals surface area contributed by atoms with Crippen molar-refractivity contribution in [1.29, 1.82) is 0 Å². The lowest BCUT2D eigenvalue weighted by molar-refractivity contribution is 0.474. The van der Waals surface area contributed by atoms with E-state index in [1.165, 1.54) is 7.05 Å². The number of aryl methyl sites for hydroxylation is 2. The standard InChI is InChI=1S/C28H24N4O3/c1-16-8-6-10-18(14-16)24-22-25(30(2)28(35)31(3)27(22)34)26-23(17-9-7-11-19(33)15-17)29-20-12-4-5-13-21(20)32(24)26/h4-15,23,29,33H,1-3H3/t23-/m0/s1. The number of para-hydroxylation sites is 2. The molecule has 5 aromatic rings. The molecule has 1 aliphatic heterocycles. The van der Waals surface area contributed by atoms with Gasteiger partial charge in [0, 0.05) is 14.1 Å². The van der Waals surface area contributed by atoms with Crippen LogP contribution in [0.2, 0.25) is 0 Å². The zero-order chi connectivity index (χ0) is 24.4. The average Bonchev–Trinajstić information content (AvgIpc) is 3.22. The van der Waals surface area contributed by atoms with Crippen LogP contribution in [-0.2, 0) is 14.1 Å². The van der Waals surface area contributed by atoms with Crippen LogP contribution >= 0.6 is 0 Å². The highest BCUT2D eigenvalue weighted by Crippen LogP contribution is 2.45. The summed E-state index contributed by atoms with van der Waals surface area (Å²) in [5, 5.41) is 14.3. The fourth-order valence-electron chi connectivity index (χ4n) is 5.24. The van der Waals surface area contributed by atoms with Gasteiger partial charge >= 0.3 is 5.69 Å². The number of rotatable bonds is 2. The van der Waals surface area contributed by atoms with Crippen LogP contribution in [0.5, 0.6) is 5.75 Å². The fourth-order valence-corrected chi connectivity index (χ4v) is 5.24. The molecule has 0 aliphatic carbocycles. The van der Waals surface area contributed by atoms with Crippen LogP contribution in [0.3, 0.4) is 0 Å². The minimum Gasteiger partial charge on any atom is -0.508 e. The van der Waals surface area contributed by atoms with Gasteiger partial charge in [-0.1, -0.05) is 48.0 Å². The lowest BCUT2D eigenvalue weighted by Gasteiger charge is -2.31. The molecule has 0 bridgehead atoms. The lowest BCUT2D eigenvalue weighted by Crippen LogP contribution is -2.37. The lowest BCUT2D eigenvalue weighted by atomic mass is 9.99. The number of phenols is 1. The predicted octanol–water partition coefficient (Wildman–Crippen LogP) is 4.22. The normalized spacial score (nSPS) is 14.4. The van der Waals surface area contributed by atoms with Crippen molar-refractivity contribution in [3.05, 3.63) is 110 Å².